The van der Waals surface area contributed by atoms with Crippen LogP contribution in [-0.2, 0) is 6.54 Å². The minimum absolute atomic E-state index is 0. The summed E-state index contributed by atoms with van der Waals surface area (Å²) >= 11 is 6.28. The van der Waals surface area contributed by atoms with Crippen molar-refractivity contribution in [2.24, 2.45) is 16.6 Å². The Morgan fingerprint density at radius 2 is 2.04 bits per heavy atom. The number of rotatable bonds is 5. The summed E-state index contributed by atoms with van der Waals surface area (Å²) in [6.07, 6.45) is 2.33. The van der Waals surface area contributed by atoms with Crippen LogP contribution in [0.2, 0.25) is 5.02 Å². The summed E-state index contributed by atoms with van der Waals surface area (Å²) in [5.74, 6) is 2.56. The van der Waals surface area contributed by atoms with Gasteiger partial charge in [-0.2, -0.15) is 0 Å². The van der Waals surface area contributed by atoms with E-state index in [1.807, 2.05) is 19.1 Å². The maximum atomic E-state index is 6.28. The largest absolute Gasteiger partial charge is 0.493 e. The number of benzene rings is 1. The molecule has 0 radical (unpaired) electrons. The van der Waals surface area contributed by atoms with Crippen molar-refractivity contribution in [1.82, 2.24) is 4.90 Å². The Bertz CT molecular complexity index is 561. The number of ether oxygens (including phenoxy) is 2. The van der Waals surface area contributed by atoms with E-state index >= 15 is 0 Å². The molecule has 2 rings (SSSR count). The summed E-state index contributed by atoms with van der Waals surface area (Å²) in [5, 5.41) is 0.529. The van der Waals surface area contributed by atoms with E-state index in [1.165, 1.54) is 12.8 Å². The van der Waals surface area contributed by atoms with E-state index < -0.39 is 0 Å². The molecule has 1 fully saturated rings. The number of guanidine groups is 1. The average Bonchev–Trinajstić information content (AvgIpc) is 2.55. The number of piperidine rings is 1. The zero-order valence-corrected chi connectivity index (χ0v) is 17.6. The molecule has 1 aliphatic rings. The van der Waals surface area contributed by atoms with E-state index in [1.54, 1.807) is 7.11 Å². The highest BCUT2D eigenvalue weighted by Crippen LogP contribution is 2.36. The Labute approximate surface area is 166 Å². The molecule has 1 aromatic rings. The molecule has 0 aromatic heterocycles. The van der Waals surface area contributed by atoms with E-state index in [4.69, 9.17) is 26.8 Å². The summed E-state index contributed by atoms with van der Waals surface area (Å²) in [4.78, 5) is 6.65. The molecule has 2 N–H and O–H groups in total. The van der Waals surface area contributed by atoms with Crippen LogP contribution in [0.1, 0.15) is 32.3 Å². The highest BCUT2D eigenvalue weighted by molar-refractivity contribution is 14.0. The van der Waals surface area contributed by atoms with Crippen LogP contribution in [0, 0.1) is 5.92 Å². The zero-order valence-electron chi connectivity index (χ0n) is 14.5. The van der Waals surface area contributed by atoms with Crippen molar-refractivity contribution in [3.8, 4) is 11.5 Å². The first kappa shape index (κ1) is 21.2. The molecule has 0 atom stereocenters. The molecule has 136 valence electrons. The first-order valence-corrected chi connectivity index (χ1v) is 8.47. The van der Waals surface area contributed by atoms with Crippen molar-refractivity contribution >= 4 is 41.5 Å². The molecule has 1 aliphatic heterocycles. The zero-order chi connectivity index (χ0) is 16.8. The third kappa shape index (κ3) is 5.58. The van der Waals surface area contributed by atoms with Gasteiger partial charge in [0.15, 0.2) is 17.5 Å². The van der Waals surface area contributed by atoms with Crippen molar-refractivity contribution in [2.75, 3.05) is 26.8 Å². The number of nitrogens with zero attached hydrogens (tertiary/aromatic N) is 2. The highest BCUT2D eigenvalue weighted by atomic mass is 127. The van der Waals surface area contributed by atoms with Crippen molar-refractivity contribution in [2.45, 2.75) is 33.2 Å². The molecule has 5 nitrogen and oxygen atoms in total. The van der Waals surface area contributed by atoms with Crippen LogP contribution >= 0.6 is 35.6 Å². The first-order chi connectivity index (χ1) is 11.0. The molecule has 7 heteroatoms. The van der Waals surface area contributed by atoms with Crippen LogP contribution in [0.5, 0.6) is 11.5 Å². The Balaban J connectivity index is 0.00000288. The van der Waals surface area contributed by atoms with Crippen LogP contribution in [-0.4, -0.2) is 37.7 Å². The van der Waals surface area contributed by atoms with Gasteiger partial charge >= 0.3 is 0 Å². The molecule has 0 bridgehead atoms. The Morgan fingerprint density at radius 1 is 1.38 bits per heavy atom. The third-order valence-corrected chi connectivity index (χ3v) is 4.39. The molecule has 24 heavy (non-hydrogen) atoms. The van der Waals surface area contributed by atoms with E-state index in [2.05, 4.69) is 16.8 Å². The van der Waals surface area contributed by atoms with Crippen LogP contribution in [0.15, 0.2) is 17.1 Å². The van der Waals surface area contributed by atoms with E-state index in [9.17, 15) is 0 Å². The third-order valence-electron chi connectivity index (χ3n) is 4.11. The lowest BCUT2D eigenvalue weighted by Crippen LogP contribution is -2.42. The first-order valence-electron chi connectivity index (χ1n) is 8.09. The number of methoxy groups -OCH3 is 1. The van der Waals surface area contributed by atoms with Crippen molar-refractivity contribution in [3.05, 3.63) is 22.7 Å². The SMILES string of the molecule is CCOc1c(Cl)cc(CN=C(N)N2CCC(C)CC2)cc1OC.I. The van der Waals surface area contributed by atoms with Crippen molar-refractivity contribution < 1.29 is 9.47 Å². The molecule has 1 aromatic carbocycles. The second kappa shape index (κ2) is 10.2. The maximum Gasteiger partial charge on any atom is 0.191 e. The summed E-state index contributed by atoms with van der Waals surface area (Å²) in [7, 11) is 1.60. The molecule has 0 spiro atoms. The summed E-state index contributed by atoms with van der Waals surface area (Å²) in [5.41, 5.74) is 7.06. The molecule has 1 heterocycles. The van der Waals surface area contributed by atoms with E-state index in [0.29, 0.717) is 35.6 Å². The van der Waals surface area contributed by atoms with Crippen LogP contribution in [0.4, 0.5) is 0 Å². The lowest BCUT2D eigenvalue weighted by atomic mass is 10.00. The second-order valence-electron chi connectivity index (χ2n) is 5.89. The van der Waals surface area contributed by atoms with Crippen molar-refractivity contribution in [1.29, 1.82) is 0 Å². The Morgan fingerprint density at radius 3 is 2.62 bits per heavy atom. The lowest BCUT2D eigenvalue weighted by molar-refractivity contribution is 0.277. The van der Waals surface area contributed by atoms with Crippen molar-refractivity contribution in [3.63, 3.8) is 0 Å². The van der Waals surface area contributed by atoms with Gasteiger partial charge in [0, 0.05) is 13.1 Å². The van der Waals surface area contributed by atoms with Gasteiger partial charge in [-0.3, -0.25) is 0 Å². The molecule has 0 saturated carbocycles. The van der Waals surface area contributed by atoms with Gasteiger partial charge in [0.05, 0.1) is 25.3 Å². The lowest BCUT2D eigenvalue weighted by Gasteiger charge is -2.31. The second-order valence-corrected chi connectivity index (χ2v) is 6.29. The van der Waals surface area contributed by atoms with Gasteiger partial charge in [-0.05, 0) is 43.4 Å². The fourth-order valence-corrected chi connectivity index (χ4v) is 2.95. The quantitative estimate of drug-likeness (QED) is 0.405. The summed E-state index contributed by atoms with van der Waals surface area (Å²) < 4.78 is 10.9. The van der Waals surface area contributed by atoms with Gasteiger partial charge in [0.1, 0.15) is 0 Å². The summed E-state index contributed by atoms with van der Waals surface area (Å²) in [6, 6.07) is 3.75. The number of aliphatic imine (C=N–C) groups is 1. The fourth-order valence-electron chi connectivity index (χ4n) is 2.66. The van der Waals surface area contributed by atoms with Gasteiger partial charge in [-0.15, -0.1) is 24.0 Å². The smallest absolute Gasteiger partial charge is 0.191 e. The average molecular weight is 468 g/mol. The number of halogens is 2. The molecular formula is C17H27ClIN3O2. The number of likely N-dealkylation sites (tertiary alicyclic amines) is 1. The predicted octanol–water partition coefficient (Wildman–Crippen LogP) is 3.91. The van der Waals surface area contributed by atoms with E-state index in [0.717, 1.165) is 24.6 Å². The molecule has 0 unspecified atom stereocenters. The topological polar surface area (TPSA) is 60.1 Å². The highest BCUT2D eigenvalue weighted by Gasteiger charge is 2.17. The monoisotopic (exact) mass is 467 g/mol. The standard InChI is InChI=1S/C17H26ClN3O2.HI/c1-4-23-16-14(18)9-13(10-15(16)22-3)11-20-17(19)21-7-5-12(2)6-8-21;/h9-10,12H,4-8,11H2,1-3H3,(H2,19,20);1H. The Hall–Kier alpha value is -0.890. The Kier molecular flexibility index (Phi) is 8.97. The minimum atomic E-state index is 0. The van der Waals surface area contributed by atoms with E-state index in [-0.39, 0.29) is 24.0 Å². The van der Waals surface area contributed by atoms with Gasteiger partial charge < -0.3 is 20.1 Å². The fraction of sp³-hybridized carbons (Fsp3) is 0.588. The van der Waals surface area contributed by atoms with Crippen LogP contribution < -0.4 is 15.2 Å². The number of hydrogen-bond donors (Lipinski definition) is 1. The molecule has 1 saturated heterocycles. The molecule has 0 amide bonds. The minimum Gasteiger partial charge on any atom is -0.493 e. The number of nitrogens with two attached hydrogens (primary N) is 1. The van der Waals surface area contributed by atoms with Gasteiger partial charge in [-0.1, -0.05) is 18.5 Å². The van der Waals surface area contributed by atoms with Gasteiger partial charge in [-0.25, -0.2) is 4.99 Å². The van der Waals surface area contributed by atoms with Crippen LogP contribution in [0.3, 0.4) is 0 Å². The van der Waals surface area contributed by atoms with Gasteiger partial charge in [0.25, 0.3) is 0 Å². The van der Waals surface area contributed by atoms with Crippen LogP contribution in [0.25, 0.3) is 0 Å². The molecular weight excluding hydrogens is 441 g/mol. The number of hydrogen-bond acceptors (Lipinski definition) is 3. The predicted molar refractivity (Wildman–Crippen MR) is 110 cm³/mol. The maximum absolute atomic E-state index is 6.28. The normalized spacial score (nSPS) is 15.8. The molecule has 0 aliphatic carbocycles. The summed E-state index contributed by atoms with van der Waals surface area (Å²) in [6.45, 7) is 7.15. The van der Waals surface area contributed by atoms with Gasteiger partial charge in [0.2, 0.25) is 0 Å².